The highest BCUT2D eigenvalue weighted by atomic mass is 32.2. The van der Waals surface area contributed by atoms with Crippen LogP contribution >= 0.6 is 0 Å². The molecule has 0 saturated heterocycles. The first-order valence-corrected chi connectivity index (χ1v) is 9.58. The van der Waals surface area contributed by atoms with Gasteiger partial charge in [0.1, 0.15) is 0 Å². The number of benzene rings is 2. The van der Waals surface area contributed by atoms with Gasteiger partial charge in [0.25, 0.3) is 0 Å². The third-order valence-electron chi connectivity index (χ3n) is 3.57. The van der Waals surface area contributed by atoms with Crippen molar-refractivity contribution in [2.24, 2.45) is 10.7 Å². The van der Waals surface area contributed by atoms with Gasteiger partial charge in [-0.25, -0.2) is 13.1 Å². The van der Waals surface area contributed by atoms with E-state index in [1.165, 1.54) is 5.56 Å². The number of nitrogens with one attached hydrogen (secondary N) is 2. The normalized spacial score (nSPS) is 12.4. The number of aliphatic imine (C=N–C) groups is 1. The number of hydrogen-bond acceptors (Lipinski definition) is 3. The quantitative estimate of drug-likeness (QED) is 0.401. The number of rotatable bonds is 7. The van der Waals surface area contributed by atoms with Crippen molar-refractivity contribution in [3.05, 3.63) is 60.2 Å². The van der Waals surface area contributed by atoms with Crippen molar-refractivity contribution < 1.29 is 8.42 Å². The Kier molecular flexibility index (Phi) is 6.55. The summed E-state index contributed by atoms with van der Waals surface area (Å²) in [5.41, 5.74) is 7.92. The van der Waals surface area contributed by atoms with Crippen LogP contribution in [0.25, 0.3) is 0 Å². The Labute approximate surface area is 149 Å². The number of guanidine groups is 1. The summed E-state index contributed by atoms with van der Waals surface area (Å²) in [4.78, 5) is 4.38. The molecule has 0 unspecified atom stereocenters. The average Bonchev–Trinajstić information content (AvgIpc) is 2.60. The molecule has 0 spiro atoms. The summed E-state index contributed by atoms with van der Waals surface area (Å²) in [5.74, 6) is 0.673. The Hall–Kier alpha value is -2.38. The Morgan fingerprint density at radius 1 is 1.12 bits per heavy atom. The van der Waals surface area contributed by atoms with Crippen LogP contribution in [0, 0.1) is 0 Å². The second-order valence-electron chi connectivity index (χ2n) is 5.88. The van der Waals surface area contributed by atoms with Gasteiger partial charge in [-0.2, -0.15) is 0 Å². The van der Waals surface area contributed by atoms with Gasteiger partial charge in [-0.3, -0.25) is 4.99 Å². The molecule has 134 valence electrons. The molecule has 2 aromatic rings. The van der Waals surface area contributed by atoms with Gasteiger partial charge in [-0.15, -0.1) is 0 Å². The molecule has 4 N–H and O–H groups in total. The van der Waals surface area contributed by atoms with Crippen molar-refractivity contribution in [1.29, 1.82) is 0 Å². The maximum Gasteiger partial charge on any atom is 0.240 e. The van der Waals surface area contributed by atoms with Gasteiger partial charge in [0.15, 0.2) is 5.96 Å². The summed E-state index contributed by atoms with van der Waals surface area (Å²) in [6, 6.07) is 16.2. The van der Waals surface area contributed by atoms with E-state index in [-0.39, 0.29) is 23.9 Å². The van der Waals surface area contributed by atoms with Gasteiger partial charge in [-0.05, 0) is 35.7 Å². The Morgan fingerprint density at radius 3 is 2.52 bits per heavy atom. The molecule has 2 rings (SSSR count). The van der Waals surface area contributed by atoms with E-state index in [0.717, 1.165) is 5.69 Å². The molecule has 0 bridgehead atoms. The van der Waals surface area contributed by atoms with Gasteiger partial charge >= 0.3 is 0 Å². The molecular weight excluding hydrogens is 336 g/mol. The van der Waals surface area contributed by atoms with Crippen LogP contribution in [0.15, 0.2) is 64.5 Å². The van der Waals surface area contributed by atoms with E-state index in [1.807, 2.05) is 18.2 Å². The first-order chi connectivity index (χ1) is 11.9. The molecule has 0 aliphatic carbocycles. The van der Waals surface area contributed by atoms with E-state index in [0.29, 0.717) is 5.92 Å². The summed E-state index contributed by atoms with van der Waals surface area (Å²) in [7, 11) is -3.51. The fourth-order valence-corrected chi connectivity index (χ4v) is 3.24. The van der Waals surface area contributed by atoms with Gasteiger partial charge in [0.2, 0.25) is 10.0 Å². The molecular formula is C18H24N4O2S. The lowest BCUT2D eigenvalue weighted by Crippen LogP contribution is -2.28. The molecule has 0 radical (unpaired) electrons. The number of hydrogen-bond donors (Lipinski definition) is 3. The van der Waals surface area contributed by atoms with Crippen LogP contribution < -0.4 is 15.8 Å². The topological polar surface area (TPSA) is 96.6 Å². The Morgan fingerprint density at radius 2 is 1.84 bits per heavy atom. The fraction of sp³-hybridized carbons (Fsp3) is 0.278. The van der Waals surface area contributed by atoms with Crippen molar-refractivity contribution in [2.45, 2.75) is 24.7 Å². The van der Waals surface area contributed by atoms with Crippen LogP contribution in [0.1, 0.15) is 25.3 Å². The van der Waals surface area contributed by atoms with Crippen molar-refractivity contribution in [2.75, 3.05) is 18.4 Å². The molecule has 2 aromatic carbocycles. The lowest BCUT2D eigenvalue weighted by molar-refractivity contribution is 0.582. The summed E-state index contributed by atoms with van der Waals surface area (Å²) >= 11 is 0. The van der Waals surface area contributed by atoms with Crippen molar-refractivity contribution in [3.63, 3.8) is 0 Å². The lowest BCUT2D eigenvalue weighted by atomic mass is 10.0. The summed E-state index contributed by atoms with van der Waals surface area (Å²) in [5, 5.41) is 3.02. The SMILES string of the molecule is CC(C)c1cccc(NC(N)=NCCNS(=O)(=O)c2ccccc2)c1. The van der Waals surface area contributed by atoms with Crippen LogP contribution in [0.3, 0.4) is 0 Å². The van der Waals surface area contributed by atoms with Crippen molar-refractivity contribution >= 4 is 21.7 Å². The maximum atomic E-state index is 12.1. The summed E-state index contributed by atoms with van der Waals surface area (Å²) in [6.07, 6.45) is 0. The molecule has 0 aliphatic rings. The van der Waals surface area contributed by atoms with E-state index < -0.39 is 10.0 Å². The molecule has 0 fully saturated rings. The first-order valence-electron chi connectivity index (χ1n) is 8.10. The molecule has 25 heavy (non-hydrogen) atoms. The monoisotopic (exact) mass is 360 g/mol. The molecule has 0 amide bonds. The Bertz CT molecular complexity index is 818. The maximum absolute atomic E-state index is 12.1. The smallest absolute Gasteiger partial charge is 0.240 e. The Balaban J connectivity index is 1.87. The first kappa shape index (κ1) is 19.0. The summed E-state index contributed by atoms with van der Waals surface area (Å²) < 4.78 is 26.6. The third kappa shape index (κ3) is 5.88. The number of nitrogens with zero attached hydrogens (tertiary/aromatic N) is 1. The van der Waals surface area contributed by atoms with E-state index >= 15 is 0 Å². The zero-order chi connectivity index (χ0) is 18.3. The largest absolute Gasteiger partial charge is 0.370 e. The van der Waals surface area contributed by atoms with Gasteiger partial charge in [0, 0.05) is 12.2 Å². The standard InChI is InChI=1S/C18H24N4O2S/c1-14(2)15-7-6-8-16(13-15)22-18(19)20-11-12-21-25(23,24)17-9-4-3-5-10-17/h3-10,13-14,21H,11-12H2,1-2H3,(H3,19,20,22). The minimum Gasteiger partial charge on any atom is -0.370 e. The van der Waals surface area contributed by atoms with Crippen LogP contribution in [-0.4, -0.2) is 27.5 Å². The zero-order valence-electron chi connectivity index (χ0n) is 14.4. The predicted molar refractivity (Wildman–Crippen MR) is 102 cm³/mol. The number of nitrogens with two attached hydrogens (primary N) is 1. The minimum atomic E-state index is -3.51. The zero-order valence-corrected chi connectivity index (χ0v) is 15.3. The van der Waals surface area contributed by atoms with Crippen molar-refractivity contribution in [3.8, 4) is 0 Å². The van der Waals surface area contributed by atoms with Crippen LogP contribution in [-0.2, 0) is 10.0 Å². The molecule has 0 heterocycles. The van der Waals surface area contributed by atoms with E-state index in [2.05, 4.69) is 34.9 Å². The van der Waals surface area contributed by atoms with Crippen LogP contribution in [0.4, 0.5) is 5.69 Å². The average molecular weight is 360 g/mol. The van der Waals surface area contributed by atoms with Gasteiger partial charge in [-0.1, -0.05) is 44.2 Å². The molecule has 0 saturated carbocycles. The van der Waals surface area contributed by atoms with Gasteiger partial charge < -0.3 is 11.1 Å². The highest BCUT2D eigenvalue weighted by molar-refractivity contribution is 7.89. The lowest BCUT2D eigenvalue weighted by Gasteiger charge is -2.10. The van der Waals surface area contributed by atoms with E-state index in [1.54, 1.807) is 30.3 Å². The van der Waals surface area contributed by atoms with Crippen LogP contribution in [0.5, 0.6) is 0 Å². The molecule has 0 aromatic heterocycles. The van der Waals surface area contributed by atoms with Crippen molar-refractivity contribution in [1.82, 2.24) is 4.72 Å². The minimum absolute atomic E-state index is 0.172. The fourth-order valence-electron chi connectivity index (χ4n) is 2.20. The van der Waals surface area contributed by atoms with Crippen LogP contribution in [0.2, 0.25) is 0 Å². The predicted octanol–water partition coefficient (Wildman–Crippen LogP) is 2.52. The third-order valence-corrected chi connectivity index (χ3v) is 5.04. The molecule has 0 atom stereocenters. The highest BCUT2D eigenvalue weighted by Gasteiger charge is 2.11. The number of anilines is 1. The highest BCUT2D eigenvalue weighted by Crippen LogP contribution is 2.18. The van der Waals surface area contributed by atoms with Gasteiger partial charge in [0.05, 0.1) is 11.4 Å². The second kappa shape index (κ2) is 8.64. The molecule has 0 aliphatic heterocycles. The van der Waals surface area contributed by atoms with E-state index in [4.69, 9.17) is 5.73 Å². The van der Waals surface area contributed by atoms with E-state index in [9.17, 15) is 8.42 Å². The summed E-state index contributed by atoms with van der Waals surface area (Å²) in [6.45, 7) is 4.66. The second-order valence-corrected chi connectivity index (χ2v) is 7.65. The molecule has 7 heteroatoms. The molecule has 6 nitrogen and oxygen atoms in total. The number of sulfonamides is 1.